The fraction of sp³-hybridized carbons (Fsp3) is 0.889. The Balaban J connectivity index is 1.68. The molecule has 0 aromatic heterocycles. The van der Waals surface area contributed by atoms with Gasteiger partial charge in [-0.3, -0.25) is 9.59 Å². The third-order valence-corrected chi connectivity index (χ3v) is 6.18. The molecule has 2 heterocycles. The molecule has 2 rings (SSSR count). The number of cyclic esters (lactones) is 1. The maximum absolute atomic E-state index is 11.7. The zero-order valence-electron chi connectivity index (χ0n) is 14.9. The van der Waals surface area contributed by atoms with Crippen molar-refractivity contribution in [3.8, 4) is 0 Å². The fourth-order valence-corrected chi connectivity index (χ4v) is 4.34. The van der Waals surface area contributed by atoms with Gasteiger partial charge in [0.1, 0.15) is 6.10 Å². The molecule has 0 spiro atoms. The maximum atomic E-state index is 11.7. The molecule has 2 aliphatic rings. The predicted octanol–water partition coefficient (Wildman–Crippen LogP) is 3.39. The zero-order valence-corrected chi connectivity index (χ0v) is 17.1. The summed E-state index contributed by atoms with van der Waals surface area (Å²) in [5.74, 6) is -0.148. The lowest BCUT2D eigenvalue weighted by atomic mass is 9.92. The molecule has 0 aromatic carbocycles. The second kappa shape index (κ2) is 11.3. The highest BCUT2D eigenvalue weighted by Gasteiger charge is 2.38. The molecule has 144 valence electrons. The van der Waals surface area contributed by atoms with E-state index < -0.39 is 0 Å². The predicted molar refractivity (Wildman–Crippen MR) is 100 cm³/mol. The number of hydrogen-bond donors (Lipinski definition) is 0. The lowest BCUT2D eigenvalue weighted by Crippen LogP contribution is -2.26. The Morgan fingerprint density at radius 3 is 2.96 bits per heavy atom. The molecule has 0 radical (unpaired) electrons. The first-order chi connectivity index (χ1) is 12.1. The van der Waals surface area contributed by atoms with E-state index in [-0.39, 0.29) is 34.2 Å². The summed E-state index contributed by atoms with van der Waals surface area (Å²) in [5, 5.41) is 0. The lowest BCUT2D eigenvalue weighted by molar-refractivity contribution is -0.164. The van der Waals surface area contributed by atoms with Crippen molar-refractivity contribution in [2.45, 2.75) is 74.6 Å². The molecule has 7 heteroatoms. The van der Waals surface area contributed by atoms with Crippen molar-refractivity contribution in [1.82, 2.24) is 0 Å². The second-order valence-corrected chi connectivity index (χ2v) is 8.17. The van der Waals surface area contributed by atoms with E-state index in [2.05, 4.69) is 22.6 Å². The minimum Gasteiger partial charge on any atom is -0.466 e. The van der Waals surface area contributed by atoms with Gasteiger partial charge in [-0.05, 0) is 45.4 Å². The average Bonchev–Trinajstić information content (AvgIpc) is 2.98. The van der Waals surface area contributed by atoms with E-state index in [9.17, 15) is 9.59 Å². The third kappa shape index (κ3) is 7.38. The van der Waals surface area contributed by atoms with Crippen LogP contribution in [0.5, 0.6) is 0 Å². The molecule has 6 nitrogen and oxygen atoms in total. The average molecular weight is 468 g/mol. The summed E-state index contributed by atoms with van der Waals surface area (Å²) in [4.78, 5) is 23.2. The number of esters is 2. The van der Waals surface area contributed by atoms with Crippen molar-refractivity contribution < 1.29 is 28.5 Å². The molecule has 0 aromatic rings. The Kier molecular flexibility index (Phi) is 9.47. The van der Waals surface area contributed by atoms with Crippen molar-refractivity contribution in [2.75, 3.05) is 19.8 Å². The molecule has 2 fully saturated rings. The van der Waals surface area contributed by atoms with E-state index in [0.717, 1.165) is 38.7 Å². The molecular formula is C18H29IO6. The van der Waals surface area contributed by atoms with Crippen LogP contribution in [0.1, 0.15) is 58.3 Å². The van der Waals surface area contributed by atoms with Crippen LogP contribution in [0.2, 0.25) is 0 Å². The van der Waals surface area contributed by atoms with Crippen LogP contribution in [0.25, 0.3) is 0 Å². The number of alkyl halides is 1. The number of hydrogen-bond acceptors (Lipinski definition) is 6. The minimum absolute atomic E-state index is 0.0717. The van der Waals surface area contributed by atoms with Crippen LogP contribution in [-0.2, 0) is 28.5 Å². The Labute approximate surface area is 163 Å². The summed E-state index contributed by atoms with van der Waals surface area (Å²) < 4.78 is 22.0. The first-order valence-electron chi connectivity index (χ1n) is 9.32. The molecule has 4 atom stereocenters. The van der Waals surface area contributed by atoms with Crippen molar-refractivity contribution in [1.29, 1.82) is 0 Å². The quantitative estimate of drug-likeness (QED) is 0.212. The highest BCUT2D eigenvalue weighted by molar-refractivity contribution is 14.1. The first kappa shape index (κ1) is 20.9. The molecule has 0 amide bonds. The van der Waals surface area contributed by atoms with Crippen LogP contribution in [0, 0.1) is 5.92 Å². The first-order valence-corrected chi connectivity index (χ1v) is 10.6. The van der Waals surface area contributed by atoms with Gasteiger partial charge < -0.3 is 18.9 Å². The molecule has 0 N–H and O–H groups in total. The molecule has 1 unspecified atom stereocenters. The molecule has 0 aliphatic carbocycles. The Morgan fingerprint density at radius 2 is 2.24 bits per heavy atom. The Bertz CT molecular complexity index is 424. The van der Waals surface area contributed by atoms with E-state index in [1.807, 2.05) is 0 Å². The van der Waals surface area contributed by atoms with Gasteiger partial charge in [0.25, 0.3) is 0 Å². The van der Waals surface area contributed by atoms with Gasteiger partial charge in [0.15, 0.2) is 6.29 Å². The van der Waals surface area contributed by atoms with Gasteiger partial charge in [0, 0.05) is 29.5 Å². The van der Waals surface area contributed by atoms with Crippen LogP contribution in [0.15, 0.2) is 0 Å². The summed E-state index contributed by atoms with van der Waals surface area (Å²) in [6, 6.07) is 0. The van der Waals surface area contributed by atoms with Gasteiger partial charge in [-0.15, -0.1) is 0 Å². The van der Waals surface area contributed by atoms with E-state index in [1.54, 1.807) is 6.92 Å². The van der Waals surface area contributed by atoms with Gasteiger partial charge in [-0.2, -0.15) is 0 Å². The SMILES string of the molecule is CCOC(=O)CC[C@H](I)[C@H]1CC(=O)O[C@@H]1CCCOC1CCCCO1. The smallest absolute Gasteiger partial charge is 0.306 e. The normalized spacial score (nSPS) is 27.8. The van der Waals surface area contributed by atoms with Gasteiger partial charge in [0.05, 0.1) is 13.0 Å². The molecule has 2 aliphatic heterocycles. The van der Waals surface area contributed by atoms with Gasteiger partial charge >= 0.3 is 11.9 Å². The highest BCUT2D eigenvalue weighted by Crippen LogP contribution is 2.34. The molecule has 2 saturated heterocycles. The third-order valence-electron chi connectivity index (χ3n) is 4.63. The minimum atomic E-state index is -0.174. The second-order valence-electron chi connectivity index (χ2n) is 6.57. The summed E-state index contributed by atoms with van der Waals surface area (Å²) in [6.07, 6.45) is 6.26. The summed E-state index contributed by atoms with van der Waals surface area (Å²) in [5.41, 5.74) is 0. The van der Waals surface area contributed by atoms with Gasteiger partial charge in [0.2, 0.25) is 0 Å². The summed E-state index contributed by atoms with van der Waals surface area (Å²) >= 11 is 2.34. The van der Waals surface area contributed by atoms with Crippen LogP contribution >= 0.6 is 22.6 Å². The fourth-order valence-electron chi connectivity index (χ4n) is 3.31. The van der Waals surface area contributed by atoms with E-state index >= 15 is 0 Å². The van der Waals surface area contributed by atoms with Gasteiger partial charge in [-0.25, -0.2) is 0 Å². The molecule has 0 saturated carbocycles. The van der Waals surface area contributed by atoms with Crippen LogP contribution in [0.4, 0.5) is 0 Å². The largest absolute Gasteiger partial charge is 0.466 e. The number of halogens is 1. The van der Waals surface area contributed by atoms with E-state index in [4.69, 9.17) is 18.9 Å². The summed E-state index contributed by atoms with van der Waals surface area (Å²) in [6.45, 7) is 3.62. The molecule has 25 heavy (non-hydrogen) atoms. The monoisotopic (exact) mass is 468 g/mol. The van der Waals surface area contributed by atoms with Crippen LogP contribution < -0.4 is 0 Å². The van der Waals surface area contributed by atoms with Gasteiger partial charge in [-0.1, -0.05) is 22.6 Å². The number of carbonyl (C=O) groups excluding carboxylic acids is 2. The topological polar surface area (TPSA) is 71.1 Å². The Morgan fingerprint density at radius 1 is 1.40 bits per heavy atom. The molecule has 0 bridgehead atoms. The Hall–Kier alpha value is -0.410. The van der Waals surface area contributed by atoms with E-state index in [0.29, 0.717) is 32.5 Å². The van der Waals surface area contributed by atoms with E-state index in [1.165, 1.54) is 0 Å². The van der Waals surface area contributed by atoms with Crippen LogP contribution in [0.3, 0.4) is 0 Å². The van der Waals surface area contributed by atoms with Crippen LogP contribution in [-0.4, -0.2) is 48.1 Å². The van der Waals surface area contributed by atoms with Crippen molar-refractivity contribution in [3.63, 3.8) is 0 Å². The number of ether oxygens (including phenoxy) is 4. The standard InChI is InChI=1S/C18H29IO6/c1-2-22-16(20)9-8-14(19)13-12-17(21)25-15(13)6-5-11-24-18-7-3-4-10-23-18/h13-15,18H,2-12H2,1H3/t13-,14+,15-,18?/m1/s1. The lowest BCUT2D eigenvalue weighted by Gasteiger charge is -2.24. The van der Waals surface area contributed by atoms with Crippen molar-refractivity contribution in [3.05, 3.63) is 0 Å². The summed E-state index contributed by atoms with van der Waals surface area (Å²) in [7, 11) is 0. The molecular weight excluding hydrogens is 439 g/mol. The number of carbonyl (C=O) groups is 2. The van der Waals surface area contributed by atoms with Crippen molar-refractivity contribution >= 4 is 34.5 Å². The van der Waals surface area contributed by atoms with Crippen molar-refractivity contribution in [2.24, 2.45) is 5.92 Å². The highest BCUT2D eigenvalue weighted by atomic mass is 127. The zero-order chi connectivity index (χ0) is 18.1. The number of rotatable bonds is 10. The maximum Gasteiger partial charge on any atom is 0.306 e.